The third-order valence-corrected chi connectivity index (χ3v) is 4.35. The van der Waals surface area contributed by atoms with Crippen LogP contribution in [0.15, 0.2) is 35.8 Å². The number of carbonyl (C=O) groups is 2. The fraction of sp³-hybridized carbons (Fsp3) is 0.176. The summed E-state index contributed by atoms with van der Waals surface area (Å²) < 4.78 is 6.58. The van der Waals surface area contributed by atoms with Crippen molar-refractivity contribution in [2.24, 2.45) is 7.05 Å². The molecule has 0 saturated carbocycles. The summed E-state index contributed by atoms with van der Waals surface area (Å²) >= 11 is 1.37. The molecule has 0 radical (unpaired) electrons. The Hall–Kier alpha value is -3.20. The van der Waals surface area contributed by atoms with Crippen LogP contribution in [0.25, 0.3) is 0 Å². The minimum Gasteiger partial charge on any atom is -0.479 e. The summed E-state index contributed by atoms with van der Waals surface area (Å²) in [7, 11) is 3.16. The van der Waals surface area contributed by atoms with Crippen LogP contribution in [-0.2, 0) is 7.05 Å². The van der Waals surface area contributed by atoms with E-state index < -0.39 is 0 Å². The highest BCUT2D eigenvalue weighted by atomic mass is 32.1. The van der Waals surface area contributed by atoms with Gasteiger partial charge in [-0.05, 0) is 31.2 Å². The predicted molar refractivity (Wildman–Crippen MR) is 99.0 cm³/mol. The third kappa shape index (κ3) is 3.89. The first-order chi connectivity index (χ1) is 12.5. The molecule has 2 N–H and O–H groups in total. The fourth-order valence-electron chi connectivity index (χ4n) is 2.26. The maximum atomic E-state index is 12.3. The van der Waals surface area contributed by atoms with Crippen molar-refractivity contribution in [3.63, 3.8) is 0 Å². The number of benzene rings is 1. The zero-order chi connectivity index (χ0) is 18.7. The zero-order valence-corrected chi connectivity index (χ0v) is 15.3. The molecular weight excluding hydrogens is 354 g/mol. The molecule has 134 valence electrons. The molecule has 0 spiro atoms. The van der Waals surface area contributed by atoms with Crippen LogP contribution < -0.4 is 15.4 Å². The molecule has 0 atom stereocenters. The number of rotatable bonds is 5. The van der Waals surface area contributed by atoms with Crippen LogP contribution in [0.1, 0.15) is 26.4 Å². The molecule has 26 heavy (non-hydrogen) atoms. The van der Waals surface area contributed by atoms with Gasteiger partial charge in [0.15, 0.2) is 5.13 Å². The molecule has 2 aromatic heterocycles. The number of nitrogens with one attached hydrogen (secondary N) is 2. The van der Waals surface area contributed by atoms with Crippen molar-refractivity contribution in [3.8, 4) is 5.88 Å². The third-order valence-electron chi connectivity index (χ3n) is 3.48. The Labute approximate surface area is 153 Å². The van der Waals surface area contributed by atoms with Crippen LogP contribution in [0.4, 0.5) is 10.8 Å². The molecule has 0 saturated heterocycles. The number of carbonyl (C=O) groups excluding carboxylic acids is 2. The second-order valence-corrected chi connectivity index (χ2v) is 6.36. The van der Waals surface area contributed by atoms with E-state index >= 15 is 0 Å². The van der Waals surface area contributed by atoms with Gasteiger partial charge in [-0.3, -0.25) is 19.6 Å². The molecule has 1 aromatic carbocycles. The smallest absolute Gasteiger partial charge is 0.262 e. The number of methoxy groups -OCH3 is 1. The standard InChI is InChI=1S/C17H17N5O3S/c1-10-9-26-17(18-10)20-14(23)11-4-6-12(7-5-11)19-15(24)13-8-22(2)21-16(13)25-3/h4-9H,1-3H3,(H,19,24)(H,18,20,23). The van der Waals surface area contributed by atoms with E-state index in [-0.39, 0.29) is 17.7 Å². The average Bonchev–Trinajstić information content (AvgIpc) is 3.20. The van der Waals surface area contributed by atoms with Crippen LogP contribution in [0.3, 0.4) is 0 Å². The summed E-state index contributed by atoms with van der Waals surface area (Å²) in [4.78, 5) is 28.7. The van der Waals surface area contributed by atoms with E-state index in [1.54, 1.807) is 37.5 Å². The van der Waals surface area contributed by atoms with E-state index in [4.69, 9.17) is 4.74 Å². The summed E-state index contributed by atoms with van der Waals surface area (Å²) in [6.45, 7) is 1.86. The highest BCUT2D eigenvalue weighted by Crippen LogP contribution is 2.19. The number of nitrogens with zero attached hydrogens (tertiary/aromatic N) is 3. The maximum absolute atomic E-state index is 12.3. The lowest BCUT2D eigenvalue weighted by molar-refractivity contribution is 0.101. The lowest BCUT2D eigenvalue weighted by Gasteiger charge is -2.06. The van der Waals surface area contributed by atoms with Gasteiger partial charge in [-0.25, -0.2) is 4.98 Å². The number of aromatic nitrogens is 3. The highest BCUT2D eigenvalue weighted by molar-refractivity contribution is 7.13. The number of ether oxygens (including phenoxy) is 1. The molecule has 3 rings (SSSR count). The van der Waals surface area contributed by atoms with Gasteiger partial charge in [-0.1, -0.05) is 0 Å². The van der Waals surface area contributed by atoms with Crippen LogP contribution in [0, 0.1) is 6.92 Å². The Morgan fingerprint density at radius 3 is 2.50 bits per heavy atom. The van der Waals surface area contributed by atoms with Crippen molar-refractivity contribution in [2.75, 3.05) is 17.7 Å². The molecule has 0 bridgehead atoms. The van der Waals surface area contributed by atoms with Crippen LogP contribution >= 0.6 is 11.3 Å². The Balaban J connectivity index is 1.67. The van der Waals surface area contributed by atoms with E-state index in [2.05, 4.69) is 20.7 Å². The Morgan fingerprint density at radius 2 is 1.88 bits per heavy atom. The van der Waals surface area contributed by atoms with Crippen LogP contribution in [0.5, 0.6) is 5.88 Å². The van der Waals surface area contributed by atoms with Gasteiger partial charge in [0.05, 0.1) is 12.8 Å². The molecular formula is C17H17N5O3S. The van der Waals surface area contributed by atoms with Crippen LogP contribution in [-0.4, -0.2) is 33.7 Å². The maximum Gasteiger partial charge on any atom is 0.262 e. The highest BCUT2D eigenvalue weighted by Gasteiger charge is 2.16. The van der Waals surface area contributed by atoms with E-state index in [0.717, 1.165) is 5.69 Å². The molecule has 0 unspecified atom stereocenters. The van der Waals surface area contributed by atoms with Crippen molar-refractivity contribution in [1.29, 1.82) is 0 Å². The van der Waals surface area contributed by atoms with Gasteiger partial charge >= 0.3 is 0 Å². The van der Waals surface area contributed by atoms with E-state index in [9.17, 15) is 9.59 Å². The van der Waals surface area contributed by atoms with Crippen molar-refractivity contribution < 1.29 is 14.3 Å². The number of amides is 2. The lowest BCUT2D eigenvalue weighted by atomic mass is 10.2. The Bertz CT molecular complexity index is 946. The van der Waals surface area contributed by atoms with Gasteiger partial charge in [0.1, 0.15) is 5.56 Å². The van der Waals surface area contributed by atoms with Gasteiger partial charge in [0.2, 0.25) is 5.88 Å². The normalized spacial score (nSPS) is 10.4. The molecule has 2 amide bonds. The van der Waals surface area contributed by atoms with Gasteiger partial charge in [0.25, 0.3) is 11.8 Å². The largest absolute Gasteiger partial charge is 0.479 e. The Kier molecular flexibility index (Phi) is 4.99. The molecule has 0 fully saturated rings. The van der Waals surface area contributed by atoms with Crippen molar-refractivity contribution >= 4 is 34.0 Å². The molecule has 3 aromatic rings. The van der Waals surface area contributed by atoms with Gasteiger partial charge in [-0.2, -0.15) is 0 Å². The number of anilines is 2. The van der Waals surface area contributed by atoms with Gasteiger partial charge < -0.3 is 10.1 Å². The monoisotopic (exact) mass is 371 g/mol. The van der Waals surface area contributed by atoms with E-state index in [1.807, 2.05) is 12.3 Å². The molecule has 0 aliphatic rings. The molecule has 0 aliphatic heterocycles. The number of aryl methyl sites for hydroxylation is 2. The fourth-order valence-corrected chi connectivity index (χ4v) is 2.94. The number of hydrogen-bond donors (Lipinski definition) is 2. The SMILES string of the molecule is COc1nn(C)cc1C(=O)Nc1ccc(C(=O)Nc2nc(C)cs2)cc1. The summed E-state index contributed by atoms with van der Waals surface area (Å²) in [5.74, 6) is -0.351. The number of thiazole rings is 1. The summed E-state index contributed by atoms with van der Waals surface area (Å²) in [6, 6.07) is 6.57. The quantitative estimate of drug-likeness (QED) is 0.719. The van der Waals surface area contributed by atoms with Crippen molar-refractivity contribution in [2.45, 2.75) is 6.92 Å². The number of hydrogen-bond acceptors (Lipinski definition) is 6. The first-order valence-corrected chi connectivity index (χ1v) is 8.57. The second kappa shape index (κ2) is 7.36. The summed E-state index contributed by atoms with van der Waals surface area (Å²) in [5.41, 5.74) is 2.21. The van der Waals surface area contributed by atoms with E-state index in [1.165, 1.54) is 23.1 Å². The molecule has 2 heterocycles. The molecule has 8 nitrogen and oxygen atoms in total. The summed E-state index contributed by atoms with van der Waals surface area (Å²) in [6.07, 6.45) is 1.58. The van der Waals surface area contributed by atoms with Crippen LogP contribution in [0.2, 0.25) is 0 Å². The van der Waals surface area contributed by atoms with E-state index in [0.29, 0.717) is 21.9 Å². The molecule has 0 aliphatic carbocycles. The topological polar surface area (TPSA) is 98.1 Å². The Morgan fingerprint density at radius 1 is 1.15 bits per heavy atom. The lowest BCUT2D eigenvalue weighted by Crippen LogP contribution is -2.14. The second-order valence-electron chi connectivity index (χ2n) is 5.51. The predicted octanol–water partition coefficient (Wildman–Crippen LogP) is 2.70. The minimum absolute atomic E-state index is 0.250. The van der Waals surface area contributed by atoms with Gasteiger partial charge in [-0.15, -0.1) is 16.4 Å². The average molecular weight is 371 g/mol. The minimum atomic E-state index is -0.342. The zero-order valence-electron chi connectivity index (χ0n) is 14.4. The van der Waals surface area contributed by atoms with Gasteiger partial charge in [0, 0.05) is 29.9 Å². The summed E-state index contributed by atoms with van der Waals surface area (Å²) in [5, 5.41) is 11.9. The van der Waals surface area contributed by atoms with Crippen molar-refractivity contribution in [3.05, 3.63) is 52.7 Å². The first kappa shape index (κ1) is 17.6. The van der Waals surface area contributed by atoms with Crippen molar-refractivity contribution in [1.82, 2.24) is 14.8 Å². The molecule has 9 heteroatoms. The first-order valence-electron chi connectivity index (χ1n) is 7.69.